The second-order valence-corrected chi connectivity index (χ2v) is 7.23. The average Bonchev–Trinajstić information content (AvgIpc) is 2.47. The van der Waals surface area contributed by atoms with Crippen LogP contribution < -0.4 is 10.1 Å². The van der Waals surface area contributed by atoms with Crippen molar-refractivity contribution in [3.05, 3.63) is 46.6 Å². The quantitative estimate of drug-likeness (QED) is 0.876. The highest BCUT2D eigenvalue weighted by molar-refractivity contribution is 9.10. The van der Waals surface area contributed by atoms with Gasteiger partial charge in [0.05, 0.1) is 12.9 Å². The van der Waals surface area contributed by atoms with Crippen LogP contribution in [0.4, 0.5) is 5.82 Å². The molecule has 0 aliphatic carbocycles. The summed E-state index contributed by atoms with van der Waals surface area (Å²) in [7, 11) is -0.309. The van der Waals surface area contributed by atoms with Gasteiger partial charge < -0.3 is 10.1 Å². The Labute approximate surface area is 132 Å². The van der Waals surface area contributed by atoms with Crippen LogP contribution in [0.5, 0.6) is 5.75 Å². The number of aromatic nitrogens is 1. The van der Waals surface area contributed by atoms with E-state index in [1.54, 1.807) is 43.6 Å². The zero-order valence-corrected chi connectivity index (χ0v) is 14.0. The summed E-state index contributed by atoms with van der Waals surface area (Å²) in [4.78, 5) is 4.28. The number of anilines is 1. The van der Waals surface area contributed by atoms with Crippen molar-refractivity contribution in [2.45, 2.75) is 10.6 Å². The van der Waals surface area contributed by atoms with Crippen molar-refractivity contribution in [1.82, 2.24) is 4.98 Å². The predicted octanol–water partition coefficient (Wildman–Crippen LogP) is 2.87. The summed E-state index contributed by atoms with van der Waals surface area (Å²) in [6.45, 7) is 0. The number of rotatable bonds is 5. The molecule has 0 unspecified atom stereocenters. The molecule has 1 N–H and O–H groups in total. The molecule has 0 aliphatic heterocycles. The Morgan fingerprint density at radius 1 is 1.29 bits per heavy atom. The fraction of sp³-hybridized carbons (Fsp3) is 0.214. The molecule has 0 saturated carbocycles. The smallest absolute Gasteiger partial charge is 0.186 e. The number of hydrogen-bond donors (Lipinski definition) is 1. The number of halogens is 1. The zero-order chi connectivity index (χ0) is 15.5. The van der Waals surface area contributed by atoms with E-state index >= 15 is 0 Å². The summed E-state index contributed by atoms with van der Waals surface area (Å²) in [5.74, 6) is 0.894. The van der Waals surface area contributed by atoms with Crippen LogP contribution in [0.3, 0.4) is 0 Å². The Kier molecular flexibility index (Phi) is 4.84. The maximum Gasteiger partial charge on any atom is 0.186 e. The molecular formula is C14H15BrN2O3S. The molecule has 0 fully saturated rings. The first-order chi connectivity index (χ1) is 9.96. The lowest BCUT2D eigenvalue weighted by Crippen LogP contribution is -2.07. The van der Waals surface area contributed by atoms with E-state index in [0.717, 1.165) is 0 Å². The molecule has 0 bridgehead atoms. The third-order valence-corrected chi connectivity index (χ3v) is 5.09. The number of pyridine rings is 1. The largest absolute Gasteiger partial charge is 0.495 e. The van der Waals surface area contributed by atoms with Crippen LogP contribution in [-0.4, -0.2) is 27.6 Å². The molecule has 0 radical (unpaired) electrons. The molecule has 1 heterocycles. The highest BCUT2D eigenvalue weighted by Crippen LogP contribution is 2.29. The molecule has 2 aromatic rings. The van der Waals surface area contributed by atoms with Crippen LogP contribution in [0, 0.1) is 0 Å². The molecule has 1 aromatic heterocycles. The number of hydrogen-bond acceptors (Lipinski definition) is 5. The van der Waals surface area contributed by atoms with Gasteiger partial charge in [0, 0.05) is 17.7 Å². The van der Waals surface area contributed by atoms with Crippen molar-refractivity contribution in [1.29, 1.82) is 0 Å². The number of sulfone groups is 1. The van der Waals surface area contributed by atoms with Crippen LogP contribution in [0.15, 0.2) is 45.9 Å². The van der Waals surface area contributed by atoms with Gasteiger partial charge in [-0.1, -0.05) is 22.0 Å². The van der Waals surface area contributed by atoms with Gasteiger partial charge in [-0.3, -0.25) is 0 Å². The summed E-state index contributed by atoms with van der Waals surface area (Å²) in [5, 5.41) is 2.89. The standard InChI is InChI=1S/C14H15BrN2O3S/c1-16-14-6-3-10(8-17-14)9-21(18,19)13-7-11(15)4-5-12(13)20-2/h3-8H,9H2,1-2H3,(H,16,17). The van der Waals surface area contributed by atoms with Crippen LogP contribution in [0.1, 0.15) is 5.56 Å². The summed E-state index contributed by atoms with van der Waals surface area (Å²) in [6, 6.07) is 8.38. The summed E-state index contributed by atoms with van der Waals surface area (Å²) in [5.41, 5.74) is 0.621. The van der Waals surface area contributed by atoms with E-state index in [0.29, 0.717) is 21.6 Å². The number of benzene rings is 1. The van der Waals surface area contributed by atoms with Crippen molar-refractivity contribution >= 4 is 31.6 Å². The Hall–Kier alpha value is -1.60. The molecule has 1 aromatic carbocycles. The van der Waals surface area contributed by atoms with E-state index in [4.69, 9.17) is 4.74 Å². The van der Waals surface area contributed by atoms with Gasteiger partial charge in [-0.15, -0.1) is 0 Å². The molecular weight excluding hydrogens is 356 g/mol. The van der Waals surface area contributed by atoms with Gasteiger partial charge in [0.2, 0.25) is 0 Å². The lowest BCUT2D eigenvalue weighted by molar-refractivity contribution is 0.402. The third kappa shape index (κ3) is 3.74. The summed E-state index contributed by atoms with van der Waals surface area (Å²) >= 11 is 3.28. The zero-order valence-electron chi connectivity index (χ0n) is 11.6. The van der Waals surface area contributed by atoms with Crippen molar-refractivity contribution in [3.63, 3.8) is 0 Å². The van der Waals surface area contributed by atoms with Crippen molar-refractivity contribution in [2.75, 3.05) is 19.5 Å². The van der Waals surface area contributed by atoms with E-state index in [1.807, 2.05) is 0 Å². The van der Waals surface area contributed by atoms with Crippen molar-refractivity contribution < 1.29 is 13.2 Å². The molecule has 0 saturated heterocycles. The fourth-order valence-corrected chi connectivity index (χ4v) is 3.89. The van der Waals surface area contributed by atoms with E-state index in [9.17, 15) is 8.42 Å². The van der Waals surface area contributed by atoms with Gasteiger partial charge in [-0.05, 0) is 29.8 Å². The minimum absolute atomic E-state index is 0.128. The molecule has 112 valence electrons. The van der Waals surface area contributed by atoms with Gasteiger partial charge in [-0.25, -0.2) is 13.4 Å². The van der Waals surface area contributed by atoms with E-state index in [2.05, 4.69) is 26.2 Å². The van der Waals surface area contributed by atoms with Gasteiger partial charge >= 0.3 is 0 Å². The second-order valence-electron chi connectivity index (χ2n) is 4.36. The molecule has 0 spiro atoms. The number of ether oxygens (including phenoxy) is 1. The number of nitrogens with one attached hydrogen (secondary N) is 1. The Morgan fingerprint density at radius 2 is 2.05 bits per heavy atom. The monoisotopic (exact) mass is 370 g/mol. The van der Waals surface area contributed by atoms with Crippen LogP contribution in [-0.2, 0) is 15.6 Å². The van der Waals surface area contributed by atoms with Gasteiger partial charge in [-0.2, -0.15) is 0 Å². The topological polar surface area (TPSA) is 68.3 Å². The SMILES string of the molecule is CNc1ccc(CS(=O)(=O)c2cc(Br)ccc2OC)cn1. The maximum atomic E-state index is 12.5. The molecule has 0 amide bonds. The summed E-state index contributed by atoms with van der Waals surface area (Å²) < 4.78 is 30.9. The van der Waals surface area contributed by atoms with E-state index in [-0.39, 0.29) is 10.6 Å². The molecule has 0 aliphatic rings. The highest BCUT2D eigenvalue weighted by Gasteiger charge is 2.21. The van der Waals surface area contributed by atoms with Crippen molar-refractivity contribution in [2.24, 2.45) is 0 Å². The molecule has 5 nitrogen and oxygen atoms in total. The highest BCUT2D eigenvalue weighted by atomic mass is 79.9. The Morgan fingerprint density at radius 3 is 2.62 bits per heavy atom. The first-order valence-corrected chi connectivity index (χ1v) is 8.60. The lowest BCUT2D eigenvalue weighted by atomic mass is 10.3. The van der Waals surface area contributed by atoms with Crippen LogP contribution in [0.2, 0.25) is 0 Å². The number of methoxy groups -OCH3 is 1. The minimum Gasteiger partial charge on any atom is -0.495 e. The second kappa shape index (κ2) is 6.44. The number of nitrogens with zero attached hydrogens (tertiary/aromatic N) is 1. The van der Waals surface area contributed by atoms with Gasteiger partial charge in [0.25, 0.3) is 0 Å². The van der Waals surface area contributed by atoms with E-state index in [1.165, 1.54) is 7.11 Å². The predicted molar refractivity (Wildman–Crippen MR) is 85.4 cm³/mol. The first-order valence-electron chi connectivity index (χ1n) is 6.15. The summed E-state index contributed by atoms with van der Waals surface area (Å²) in [6.07, 6.45) is 1.55. The van der Waals surface area contributed by atoms with E-state index < -0.39 is 9.84 Å². The molecule has 2 rings (SSSR count). The maximum absolute atomic E-state index is 12.5. The Bertz CT molecular complexity index is 730. The first kappa shape index (κ1) is 15.8. The van der Waals surface area contributed by atoms with Gasteiger partial charge in [0.1, 0.15) is 16.5 Å². The van der Waals surface area contributed by atoms with Crippen LogP contribution in [0.25, 0.3) is 0 Å². The molecule has 21 heavy (non-hydrogen) atoms. The molecule has 7 heteroatoms. The van der Waals surface area contributed by atoms with Crippen LogP contribution >= 0.6 is 15.9 Å². The van der Waals surface area contributed by atoms with Crippen molar-refractivity contribution in [3.8, 4) is 5.75 Å². The van der Waals surface area contributed by atoms with Gasteiger partial charge in [0.15, 0.2) is 9.84 Å². The fourth-order valence-electron chi connectivity index (χ4n) is 1.85. The average molecular weight is 371 g/mol. The lowest BCUT2D eigenvalue weighted by Gasteiger charge is -2.10. The Balaban J connectivity index is 2.35. The minimum atomic E-state index is -3.51. The third-order valence-electron chi connectivity index (χ3n) is 2.90. The molecule has 0 atom stereocenters. The normalized spacial score (nSPS) is 11.2.